The van der Waals surface area contributed by atoms with Gasteiger partial charge < -0.3 is 18.6 Å². The minimum atomic E-state index is 0.0348. The maximum absolute atomic E-state index is 10.7. The number of halogens is 1. The third-order valence-corrected chi connectivity index (χ3v) is 5.62. The molecule has 0 aliphatic carbocycles. The molecule has 32 heavy (non-hydrogen) atoms. The molecule has 0 bridgehead atoms. The molecular weight excluding hydrogens is 426 g/mol. The van der Waals surface area contributed by atoms with E-state index in [4.69, 9.17) is 20.9 Å². The molecule has 0 radical (unpaired) electrons. The minimum Gasteiger partial charge on any atom is -0.489 e. The van der Waals surface area contributed by atoms with Crippen molar-refractivity contribution in [2.45, 2.75) is 52.7 Å². The summed E-state index contributed by atoms with van der Waals surface area (Å²) < 4.78 is 13.5. The minimum absolute atomic E-state index is 0.0348. The van der Waals surface area contributed by atoms with E-state index in [1.807, 2.05) is 32.0 Å². The molecule has 0 saturated carbocycles. The number of fused-ring (bicyclic) bond motifs is 1. The van der Waals surface area contributed by atoms with Crippen LogP contribution >= 0.6 is 11.6 Å². The second kappa shape index (κ2) is 9.57. The summed E-state index contributed by atoms with van der Waals surface area (Å²) >= 11 is 6.37. The number of aromatic nitrogens is 3. The molecule has 0 saturated heterocycles. The molecule has 0 unspecified atom stereocenters. The lowest BCUT2D eigenvalue weighted by molar-refractivity contribution is -0.107. The number of carbonyl (C=O) groups is 1. The Hall–Kier alpha value is -3.12. The Labute approximate surface area is 192 Å². The molecular formula is C25H26ClN3O3. The molecule has 166 valence electrons. The normalized spacial score (nSPS) is 11.4. The van der Waals surface area contributed by atoms with E-state index in [0.29, 0.717) is 28.9 Å². The highest BCUT2D eigenvalue weighted by Gasteiger charge is 2.17. The molecule has 6 nitrogen and oxygen atoms in total. The van der Waals surface area contributed by atoms with Crippen LogP contribution in [0.25, 0.3) is 33.7 Å². The molecule has 0 aliphatic rings. The third-order valence-electron chi connectivity index (χ3n) is 5.33. The molecule has 4 aromatic rings. The highest BCUT2D eigenvalue weighted by Crippen LogP contribution is 2.34. The van der Waals surface area contributed by atoms with Crippen molar-refractivity contribution in [1.82, 2.24) is 14.7 Å². The number of ether oxygens (including phenoxy) is 1. The van der Waals surface area contributed by atoms with E-state index in [1.54, 1.807) is 6.07 Å². The molecule has 0 amide bonds. The fourth-order valence-corrected chi connectivity index (χ4v) is 4.09. The van der Waals surface area contributed by atoms with Gasteiger partial charge in [-0.15, -0.1) is 0 Å². The highest BCUT2D eigenvalue weighted by atomic mass is 35.5. The number of unbranched alkanes of at least 4 members (excludes halogenated alkanes) is 1. The van der Waals surface area contributed by atoms with Gasteiger partial charge in [-0.05, 0) is 63.4 Å². The smallest absolute Gasteiger partial charge is 0.258 e. The van der Waals surface area contributed by atoms with Gasteiger partial charge in [-0.2, -0.15) is 4.98 Å². The van der Waals surface area contributed by atoms with Crippen LogP contribution in [-0.2, 0) is 17.8 Å². The molecule has 0 atom stereocenters. The first-order valence-electron chi connectivity index (χ1n) is 10.9. The largest absolute Gasteiger partial charge is 0.489 e. The summed E-state index contributed by atoms with van der Waals surface area (Å²) in [5.41, 5.74) is 4.01. The van der Waals surface area contributed by atoms with Crippen molar-refractivity contribution in [1.29, 1.82) is 0 Å². The number of hydrogen-bond donors (Lipinski definition) is 0. The van der Waals surface area contributed by atoms with Crippen molar-refractivity contribution in [2.24, 2.45) is 0 Å². The Balaban J connectivity index is 1.69. The van der Waals surface area contributed by atoms with Crippen LogP contribution in [0.5, 0.6) is 5.75 Å². The number of rotatable bonds is 9. The van der Waals surface area contributed by atoms with Gasteiger partial charge in [0.1, 0.15) is 12.0 Å². The van der Waals surface area contributed by atoms with Crippen LogP contribution in [0.15, 0.2) is 47.1 Å². The van der Waals surface area contributed by atoms with Crippen LogP contribution in [0, 0.1) is 0 Å². The van der Waals surface area contributed by atoms with Gasteiger partial charge in [-0.1, -0.05) is 28.9 Å². The fraction of sp³-hybridized carbons (Fsp3) is 0.320. The number of aryl methyl sites for hydroxylation is 2. The molecule has 2 aromatic carbocycles. The zero-order chi connectivity index (χ0) is 22.7. The topological polar surface area (TPSA) is 70.2 Å². The van der Waals surface area contributed by atoms with Gasteiger partial charge in [0.2, 0.25) is 5.82 Å². The van der Waals surface area contributed by atoms with Crippen LogP contribution in [0.2, 0.25) is 5.02 Å². The first kappa shape index (κ1) is 22.1. The Morgan fingerprint density at radius 2 is 2.06 bits per heavy atom. The van der Waals surface area contributed by atoms with Crippen LogP contribution in [0.1, 0.15) is 39.2 Å². The van der Waals surface area contributed by atoms with Crippen LogP contribution in [-0.4, -0.2) is 27.1 Å². The van der Waals surface area contributed by atoms with E-state index in [9.17, 15) is 4.79 Å². The number of aldehydes is 1. The van der Waals surface area contributed by atoms with Crippen molar-refractivity contribution in [3.05, 3.63) is 53.2 Å². The average molecular weight is 452 g/mol. The molecule has 4 rings (SSSR count). The summed E-state index contributed by atoms with van der Waals surface area (Å²) in [5, 5.41) is 5.81. The Morgan fingerprint density at radius 3 is 2.78 bits per heavy atom. The second-order valence-corrected chi connectivity index (χ2v) is 8.34. The van der Waals surface area contributed by atoms with E-state index in [2.05, 4.69) is 40.0 Å². The van der Waals surface area contributed by atoms with Gasteiger partial charge in [-0.25, -0.2) is 0 Å². The lowest BCUT2D eigenvalue weighted by Crippen LogP contribution is -2.05. The summed E-state index contributed by atoms with van der Waals surface area (Å²) in [7, 11) is 0. The molecule has 2 heterocycles. The summed E-state index contributed by atoms with van der Waals surface area (Å²) in [6, 6.07) is 11.7. The maximum Gasteiger partial charge on any atom is 0.258 e. The van der Waals surface area contributed by atoms with Crippen LogP contribution < -0.4 is 4.74 Å². The van der Waals surface area contributed by atoms with Gasteiger partial charge in [0, 0.05) is 35.7 Å². The van der Waals surface area contributed by atoms with Crippen molar-refractivity contribution >= 4 is 28.8 Å². The number of nitrogens with zero attached hydrogens (tertiary/aromatic N) is 3. The van der Waals surface area contributed by atoms with Gasteiger partial charge >= 0.3 is 0 Å². The van der Waals surface area contributed by atoms with Gasteiger partial charge in [0.25, 0.3) is 5.89 Å². The number of benzene rings is 2. The van der Waals surface area contributed by atoms with Crippen LogP contribution in [0.4, 0.5) is 0 Å². The monoisotopic (exact) mass is 451 g/mol. The molecule has 0 spiro atoms. The van der Waals surface area contributed by atoms with Crippen molar-refractivity contribution < 1.29 is 14.1 Å². The second-order valence-electron chi connectivity index (χ2n) is 7.93. The van der Waals surface area contributed by atoms with Crippen molar-refractivity contribution in [3.8, 4) is 28.6 Å². The van der Waals surface area contributed by atoms with E-state index in [-0.39, 0.29) is 6.10 Å². The average Bonchev–Trinajstić information content (AvgIpc) is 3.43. The first-order valence-corrected chi connectivity index (χ1v) is 11.2. The number of carbonyl (C=O) groups excluding carboxylic acids is 1. The zero-order valence-corrected chi connectivity index (χ0v) is 19.2. The van der Waals surface area contributed by atoms with E-state index >= 15 is 0 Å². The fourth-order valence-electron chi connectivity index (χ4n) is 3.87. The van der Waals surface area contributed by atoms with E-state index < -0.39 is 0 Å². The maximum atomic E-state index is 10.7. The predicted molar refractivity (Wildman–Crippen MR) is 126 cm³/mol. The van der Waals surface area contributed by atoms with Crippen molar-refractivity contribution in [3.63, 3.8) is 0 Å². The lowest BCUT2D eigenvalue weighted by atomic mass is 10.0. The highest BCUT2D eigenvalue weighted by molar-refractivity contribution is 6.32. The zero-order valence-electron chi connectivity index (χ0n) is 18.5. The van der Waals surface area contributed by atoms with Gasteiger partial charge in [0.05, 0.1) is 16.6 Å². The summed E-state index contributed by atoms with van der Waals surface area (Å²) in [5.74, 6) is 1.55. The molecule has 0 fully saturated rings. The Morgan fingerprint density at radius 1 is 1.22 bits per heavy atom. The predicted octanol–water partition coefficient (Wildman–Crippen LogP) is 6.34. The lowest BCUT2D eigenvalue weighted by Gasteiger charge is -2.11. The van der Waals surface area contributed by atoms with Gasteiger partial charge in [-0.3, -0.25) is 0 Å². The number of hydrogen-bond acceptors (Lipinski definition) is 5. The Kier molecular flexibility index (Phi) is 6.61. The SMILES string of the molecule is CCn1ccc2c(-c3noc(-c4ccc(OC(C)C)c(Cl)c4)n3)ccc(CCCC=O)c21. The van der Waals surface area contributed by atoms with Crippen LogP contribution in [0.3, 0.4) is 0 Å². The first-order chi connectivity index (χ1) is 15.5. The quantitative estimate of drug-likeness (QED) is 0.219. The molecule has 7 heteroatoms. The summed E-state index contributed by atoms with van der Waals surface area (Å²) in [6.45, 7) is 6.88. The standard InChI is InChI=1S/C25H26ClN3O3/c1-4-29-13-12-19-20(10-8-17(23(19)29)7-5-6-14-30)24-27-25(32-28-24)18-9-11-22(21(26)15-18)31-16(2)3/h8-16H,4-7H2,1-3H3. The van der Waals surface area contributed by atoms with E-state index in [1.165, 1.54) is 5.56 Å². The third kappa shape index (κ3) is 4.41. The molecule has 0 aliphatic heterocycles. The Bertz CT molecular complexity index is 1240. The molecule has 2 aromatic heterocycles. The molecule has 0 N–H and O–H groups in total. The van der Waals surface area contributed by atoms with Crippen molar-refractivity contribution in [2.75, 3.05) is 0 Å². The van der Waals surface area contributed by atoms with Gasteiger partial charge in [0.15, 0.2) is 0 Å². The van der Waals surface area contributed by atoms with E-state index in [0.717, 1.165) is 47.7 Å². The summed E-state index contributed by atoms with van der Waals surface area (Å²) in [4.78, 5) is 15.4. The summed E-state index contributed by atoms with van der Waals surface area (Å²) in [6.07, 6.45) is 5.32.